The fraction of sp³-hybridized carbons (Fsp3) is 0.111. The summed E-state index contributed by atoms with van der Waals surface area (Å²) in [4.78, 5) is 40.7. The van der Waals surface area contributed by atoms with Gasteiger partial charge in [-0.25, -0.2) is 9.59 Å². The molecule has 0 saturated carbocycles. The summed E-state index contributed by atoms with van der Waals surface area (Å²) in [5, 5.41) is 14.7. The van der Waals surface area contributed by atoms with Gasteiger partial charge in [-0.05, 0) is 35.2 Å². The number of hydrogen-bond acceptors (Lipinski definition) is 9. The van der Waals surface area contributed by atoms with Crippen molar-refractivity contribution in [1.82, 2.24) is 0 Å². The number of nitrogens with zero attached hydrogens (tertiary/aromatic N) is 2. The zero-order valence-corrected chi connectivity index (χ0v) is 20.7. The molecule has 0 bridgehead atoms. The van der Waals surface area contributed by atoms with E-state index in [0.717, 1.165) is 0 Å². The minimum Gasteiger partial charge on any atom is -0.466 e. The Morgan fingerprint density at radius 3 is 2.35 bits per heavy atom. The lowest BCUT2D eigenvalue weighted by Gasteiger charge is -2.36. The molecular formula is C27H22N4O5S. The van der Waals surface area contributed by atoms with Gasteiger partial charge in [0.25, 0.3) is 5.91 Å². The lowest BCUT2D eigenvalue weighted by atomic mass is 9.81. The summed E-state index contributed by atoms with van der Waals surface area (Å²) >= 11 is 1.29. The van der Waals surface area contributed by atoms with Crippen LogP contribution in [0.2, 0.25) is 0 Å². The Hall–Kier alpha value is -4.88. The molecule has 1 unspecified atom stereocenters. The van der Waals surface area contributed by atoms with Gasteiger partial charge in [-0.1, -0.05) is 42.5 Å². The summed E-state index contributed by atoms with van der Waals surface area (Å²) in [6, 6.07) is 20.8. The Morgan fingerprint density at radius 2 is 1.73 bits per heavy atom. The molecule has 0 fully saturated rings. The third-order valence-electron chi connectivity index (χ3n) is 5.72. The molecule has 9 nitrogen and oxygen atoms in total. The van der Waals surface area contributed by atoms with Crippen LogP contribution in [-0.2, 0) is 19.1 Å². The second-order valence-electron chi connectivity index (χ2n) is 7.82. The standard InChI is InChI=1S/C27H22N4O5S/c1-35-26(33)22-21(16-8-4-3-5-9-16)19(15-28)24(29)31(23(22)27(34)36-2)18-11-6-10-17(14-18)30-25(32)20-12-7-13-37-20/h3-14,21H,29H2,1-2H3,(H,30,32). The summed E-state index contributed by atoms with van der Waals surface area (Å²) in [5.41, 5.74) is 7.57. The molecule has 1 aromatic heterocycles. The average Bonchev–Trinajstić information content (AvgIpc) is 3.47. The lowest BCUT2D eigenvalue weighted by Crippen LogP contribution is -2.40. The molecule has 3 aromatic rings. The van der Waals surface area contributed by atoms with Crippen molar-refractivity contribution in [3.8, 4) is 6.07 Å². The first-order chi connectivity index (χ1) is 17.9. The normalized spacial score (nSPS) is 15.2. The van der Waals surface area contributed by atoms with Gasteiger partial charge in [0.1, 0.15) is 11.5 Å². The van der Waals surface area contributed by atoms with E-state index in [-0.39, 0.29) is 28.6 Å². The molecule has 0 aliphatic carbocycles. The summed E-state index contributed by atoms with van der Waals surface area (Å²) in [5.74, 6) is -3.01. The maximum absolute atomic E-state index is 13.2. The van der Waals surface area contributed by atoms with Crippen molar-refractivity contribution in [2.24, 2.45) is 5.73 Å². The van der Waals surface area contributed by atoms with Gasteiger partial charge in [0.15, 0.2) is 0 Å². The van der Waals surface area contributed by atoms with Crippen LogP contribution in [0.5, 0.6) is 0 Å². The summed E-state index contributed by atoms with van der Waals surface area (Å²) in [6.45, 7) is 0. The highest BCUT2D eigenvalue weighted by Gasteiger charge is 2.43. The quantitative estimate of drug-likeness (QED) is 0.473. The maximum atomic E-state index is 13.2. The number of ether oxygens (including phenoxy) is 2. The van der Waals surface area contributed by atoms with Crippen LogP contribution in [-0.4, -0.2) is 32.1 Å². The van der Waals surface area contributed by atoms with E-state index < -0.39 is 17.9 Å². The zero-order chi connectivity index (χ0) is 26.5. The molecule has 37 heavy (non-hydrogen) atoms. The topological polar surface area (TPSA) is 135 Å². The van der Waals surface area contributed by atoms with E-state index in [9.17, 15) is 19.6 Å². The number of nitriles is 1. The van der Waals surface area contributed by atoms with Crippen LogP contribution >= 0.6 is 11.3 Å². The van der Waals surface area contributed by atoms with Crippen LogP contribution in [0.15, 0.2) is 94.8 Å². The van der Waals surface area contributed by atoms with Crippen molar-refractivity contribution < 1.29 is 23.9 Å². The molecular weight excluding hydrogens is 492 g/mol. The number of carbonyl (C=O) groups excluding carboxylic acids is 3. The Morgan fingerprint density at radius 1 is 1.00 bits per heavy atom. The van der Waals surface area contributed by atoms with Crippen LogP contribution in [0.4, 0.5) is 11.4 Å². The number of methoxy groups -OCH3 is 2. The highest BCUT2D eigenvalue weighted by Crippen LogP contribution is 2.43. The molecule has 1 aliphatic heterocycles. The van der Waals surface area contributed by atoms with E-state index in [1.807, 2.05) is 0 Å². The smallest absolute Gasteiger partial charge is 0.355 e. The first-order valence-electron chi connectivity index (χ1n) is 11.0. The summed E-state index contributed by atoms with van der Waals surface area (Å²) < 4.78 is 10.1. The summed E-state index contributed by atoms with van der Waals surface area (Å²) in [6.07, 6.45) is 0. The predicted molar refractivity (Wildman–Crippen MR) is 138 cm³/mol. The van der Waals surface area contributed by atoms with E-state index in [0.29, 0.717) is 21.8 Å². The van der Waals surface area contributed by atoms with Gasteiger partial charge < -0.3 is 20.5 Å². The van der Waals surface area contributed by atoms with E-state index in [1.165, 1.54) is 30.5 Å². The van der Waals surface area contributed by atoms with E-state index in [1.54, 1.807) is 72.1 Å². The molecule has 4 rings (SSSR count). The molecule has 0 radical (unpaired) electrons. The number of carbonyl (C=O) groups is 3. The Balaban J connectivity index is 1.91. The van der Waals surface area contributed by atoms with Crippen molar-refractivity contribution in [2.75, 3.05) is 24.4 Å². The molecule has 1 atom stereocenters. The number of nitrogens with two attached hydrogens (primary N) is 1. The van der Waals surface area contributed by atoms with E-state index >= 15 is 0 Å². The Bertz CT molecular complexity index is 1460. The van der Waals surface area contributed by atoms with Crippen molar-refractivity contribution in [3.05, 3.63) is 105 Å². The highest BCUT2D eigenvalue weighted by atomic mass is 32.1. The molecule has 0 spiro atoms. The number of amides is 1. The number of allylic oxidation sites excluding steroid dienone is 1. The van der Waals surface area contributed by atoms with Crippen molar-refractivity contribution in [1.29, 1.82) is 5.26 Å². The fourth-order valence-electron chi connectivity index (χ4n) is 4.10. The molecule has 2 heterocycles. The van der Waals surface area contributed by atoms with Gasteiger partial charge in [-0.15, -0.1) is 11.3 Å². The maximum Gasteiger partial charge on any atom is 0.355 e. The molecule has 1 amide bonds. The Labute approximate surface area is 217 Å². The Kier molecular flexibility index (Phi) is 7.36. The number of anilines is 2. The molecule has 2 aromatic carbocycles. The third-order valence-corrected chi connectivity index (χ3v) is 6.59. The van der Waals surface area contributed by atoms with Crippen molar-refractivity contribution in [3.63, 3.8) is 0 Å². The second kappa shape index (κ2) is 10.8. The van der Waals surface area contributed by atoms with Crippen LogP contribution in [0.3, 0.4) is 0 Å². The van der Waals surface area contributed by atoms with Gasteiger partial charge >= 0.3 is 11.9 Å². The first kappa shape index (κ1) is 25.2. The predicted octanol–water partition coefficient (Wildman–Crippen LogP) is 3.90. The lowest BCUT2D eigenvalue weighted by molar-refractivity contribution is -0.139. The number of thiophene rings is 1. The largest absolute Gasteiger partial charge is 0.466 e. The minimum atomic E-state index is -0.967. The monoisotopic (exact) mass is 514 g/mol. The van der Waals surface area contributed by atoms with Gasteiger partial charge in [0.05, 0.1) is 42.2 Å². The van der Waals surface area contributed by atoms with Crippen LogP contribution in [0.25, 0.3) is 0 Å². The van der Waals surface area contributed by atoms with Crippen LogP contribution < -0.4 is 16.0 Å². The molecule has 3 N–H and O–H groups in total. The van der Waals surface area contributed by atoms with Gasteiger partial charge in [0.2, 0.25) is 0 Å². The minimum absolute atomic E-state index is 0.0484. The zero-order valence-electron chi connectivity index (χ0n) is 19.9. The first-order valence-corrected chi connectivity index (χ1v) is 11.9. The molecule has 186 valence electrons. The number of hydrogen-bond donors (Lipinski definition) is 2. The second-order valence-corrected chi connectivity index (χ2v) is 8.76. The fourth-order valence-corrected chi connectivity index (χ4v) is 4.72. The van der Waals surface area contributed by atoms with Crippen molar-refractivity contribution >= 4 is 40.6 Å². The van der Waals surface area contributed by atoms with Crippen LogP contribution in [0, 0.1) is 11.3 Å². The number of rotatable bonds is 6. The molecule has 1 aliphatic rings. The SMILES string of the molecule is COC(=O)C1=C(C(=O)OC)N(c2cccc(NC(=O)c3cccs3)c2)C(N)=C(C#N)C1c1ccccc1. The van der Waals surface area contributed by atoms with E-state index in [2.05, 4.69) is 11.4 Å². The number of esters is 2. The third kappa shape index (κ3) is 4.80. The molecule has 10 heteroatoms. The van der Waals surface area contributed by atoms with Crippen LogP contribution in [0.1, 0.15) is 21.2 Å². The van der Waals surface area contributed by atoms with Gasteiger partial charge in [-0.2, -0.15) is 5.26 Å². The number of nitrogens with one attached hydrogen (secondary N) is 1. The van der Waals surface area contributed by atoms with Gasteiger partial charge in [0, 0.05) is 11.4 Å². The highest BCUT2D eigenvalue weighted by molar-refractivity contribution is 7.12. The summed E-state index contributed by atoms with van der Waals surface area (Å²) in [7, 11) is 2.36. The van der Waals surface area contributed by atoms with E-state index in [4.69, 9.17) is 15.2 Å². The van der Waals surface area contributed by atoms with Gasteiger partial charge in [-0.3, -0.25) is 9.69 Å². The van der Waals surface area contributed by atoms with Crippen molar-refractivity contribution in [2.45, 2.75) is 5.92 Å². The average molecular weight is 515 g/mol. The number of benzene rings is 2. The molecule has 0 saturated heterocycles.